The van der Waals surface area contributed by atoms with Gasteiger partial charge in [-0.05, 0) is 13.0 Å². The first kappa shape index (κ1) is 11.6. The number of allylic oxidation sites excluding steroid dienone is 2. The number of nitrogens with zero attached hydrogens (tertiary/aromatic N) is 4. The highest BCUT2D eigenvalue weighted by atomic mass is 16.6. The molecule has 8 nitrogen and oxygen atoms in total. The first-order valence-electron chi connectivity index (χ1n) is 4.32. The van der Waals surface area contributed by atoms with E-state index in [1.807, 2.05) is 6.92 Å². The average molecular weight is 222 g/mol. The van der Waals surface area contributed by atoms with Crippen molar-refractivity contribution in [3.63, 3.8) is 0 Å². The molecule has 0 spiro atoms. The second-order valence-corrected chi connectivity index (χ2v) is 2.63. The van der Waals surface area contributed by atoms with Gasteiger partial charge in [0.05, 0.1) is 4.92 Å². The van der Waals surface area contributed by atoms with E-state index in [-0.39, 0.29) is 17.3 Å². The van der Waals surface area contributed by atoms with Crippen LogP contribution in [0.1, 0.15) is 6.92 Å². The zero-order valence-corrected chi connectivity index (χ0v) is 8.49. The number of nitrogen functional groups attached to an aromatic ring is 1. The summed E-state index contributed by atoms with van der Waals surface area (Å²) in [5.74, 6) is -0.248. The molecule has 8 heteroatoms. The Morgan fingerprint density at radius 2 is 2.38 bits per heavy atom. The minimum atomic E-state index is -0.664. The maximum Gasteiger partial charge on any atom is 0.354 e. The van der Waals surface area contributed by atoms with Crippen LogP contribution < -0.4 is 11.2 Å². The van der Waals surface area contributed by atoms with Gasteiger partial charge in [0.2, 0.25) is 11.6 Å². The van der Waals surface area contributed by atoms with Gasteiger partial charge in [0.15, 0.2) is 0 Å². The molecule has 0 aliphatic heterocycles. The molecule has 1 rings (SSSR count). The molecule has 0 saturated heterocycles. The first-order chi connectivity index (χ1) is 7.66. The normalized spacial score (nSPS) is 11.1. The van der Waals surface area contributed by atoms with Crippen LogP contribution in [-0.2, 0) is 0 Å². The minimum absolute atomic E-state index is 0.0433. The second kappa shape index (κ2) is 5.39. The summed E-state index contributed by atoms with van der Waals surface area (Å²) < 4.78 is 0. The standard InChI is InChI=1S/C8H10N6O2/c1-2-3-4-12-13-8-6(14(15)16)7(9)10-5-11-8/h2-5H,1H3,(H3,9,10,11,13). The molecular formula is C8H10N6O2. The van der Waals surface area contributed by atoms with Crippen LogP contribution in [0.2, 0.25) is 0 Å². The van der Waals surface area contributed by atoms with Crippen LogP contribution in [0.3, 0.4) is 0 Å². The van der Waals surface area contributed by atoms with E-state index in [1.54, 1.807) is 12.2 Å². The molecule has 16 heavy (non-hydrogen) atoms. The molecule has 84 valence electrons. The summed E-state index contributed by atoms with van der Waals surface area (Å²) in [6.45, 7) is 1.82. The molecule has 1 aromatic rings. The number of hydrazone groups is 1. The van der Waals surface area contributed by atoms with Crippen molar-refractivity contribution < 1.29 is 4.92 Å². The van der Waals surface area contributed by atoms with Gasteiger partial charge in [0.1, 0.15) is 6.33 Å². The molecule has 3 N–H and O–H groups in total. The number of hydrogen-bond donors (Lipinski definition) is 2. The Morgan fingerprint density at radius 3 is 3.00 bits per heavy atom. The van der Waals surface area contributed by atoms with Crippen LogP contribution in [-0.4, -0.2) is 21.1 Å². The van der Waals surface area contributed by atoms with Crippen LogP contribution in [0, 0.1) is 10.1 Å². The third-order valence-electron chi connectivity index (χ3n) is 1.56. The lowest BCUT2D eigenvalue weighted by Crippen LogP contribution is -2.04. The van der Waals surface area contributed by atoms with Crippen molar-refractivity contribution in [1.82, 2.24) is 9.97 Å². The number of nitro groups is 1. The Hall–Kier alpha value is -2.51. The van der Waals surface area contributed by atoms with Crippen LogP contribution in [0.4, 0.5) is 17.3 Å². The van der Waals surface area contributed by atoms with E-state index in [1.165, 1.54) is 6.21 Å². The summed E-state index contributed by atoms with van der Waals surface area (Å²) in [4.78, 5) is 17.2. The van der Waals surface area contributed by atoms with Crippen molar-refractivity contribution in [2.45, 2.75) is 6.92 Å². The van der Waals surface area contributed by atoms with Crippen LogP contribution in [0.5, 0.6) is 0 Å². The van der Waals surface area contributed by atoms with E-state index in [2.05, 4.69) is 20.5 Å². The molecule has 0 aliphatic carbocycles. The highest BCUT2D eigenvalue weighted by Gasteiger charge is 2.20. The van der Waals surface area contributed by atoms with Gasteiger partial charge in [-0.3, -0.25) is 15.5 Å². The van der Waals surface area contributed by atoms with Gasteiger partial charge in [-0.15, -0.1) is 0 Å². The van der Waals surface area contributed by atoms with Gasteiger partial charge in [-0.25, -0.2) is 9.97 Å². The molecule has 0 unspecified atom stereocenters. The zero-order valence-electron chi connectivity index (χ0n) is 8.49. The highest BCUT2D eigenvalue weighted by Crippen LogP contribution is 2.25. The van der Waals surface area contributed by atoms with E-state index < -0.39 is 4.92 Å². The molecule has 0 amide bonds. The third kappa shape index (κ3) is 2.74. The number of hydrogen-bond acceptors (Lipinski definition) is 7. The Labute approximate surface area is 91.0 Å². The third-order valence-corrected chi connectivity index (χ3v) is 1.56. The van der Waals surface area contributed by atoms with Gasteiger partial charge in [-0.1, -0.05) is 6.08 Å². The summed E-state index contributed by atoms with van der Waals surface area (Å²) in [6.07, 6.45) is 5.97. The molecule has 1 aromatic heterocycles. The summed E-state index contributed by atoms with van der Waals surface area (Å²) >= 11 is 0. The Morgan fingerprint density at radius 1 is 1.62 bits per heavy atom. The van der Waals surface area contributed by atoms with Crippen molar-refractivity contribution in [3.8, 4) is 0 Å². The summed E-state index contributed by atoms with van der Waals surface area (Å²) in [7, 11) is 0. The van der Waals surface area contributed by atoms with Gasteiger partial charge in [0.25, 0.3) is 0 Å². The van der Waals surface area contributed by atoms with E-state index >= 15 is 0 Å². The second-order valence-electron chi connectivity index (χ2n) is 2.63. The monoisotopic (exact) mass is 222 g/mol. The topological polar surface area (TPSA) is 119 Å². The Bertz CT molecular complexity index is 442. The van der Waals surface area contributed by atoms with E-state index in [0.29, 0.717) is 0 Å². The number of rotatable bonds is 4. The van der Waals surface area contributed by atoms with E-state index in [9.17, 15) is 10.1 Å². The predicted molar refractivity (Wildman–Crippen MR) is 60.0 cm³/mol. The lowest BCUT2D eigenvalue weighted by Gasteiger charge is -2.01. The first-order valence-corrected chi connectivity index (χ1v) is 4.32. The van der Waals surface area contributed by atoms with Gasteiger partial charge < -0.3 is 5.73 Å². The molecule has 0 fully saturated rings. The molecular weight excluding hydrogens is 212 g/mol. The maximum atomic E-state index is 10.7. The Kier molecular flexibility index (Phi) is 3.90. The van der Waals surface area contributed by atoms with Crippen molar-refractivity contribution >= 4 is 23.5 Å². The number of aromatic nitrogens is 2. The number of nitrogens with one attached hydrogen (secondary N) is 1. The molecule has 0 radical (unpaired) electrons. The van der Waals surface area contributed by atoms with Gasteiger partial charge in [-0.2, -0.15) is 5.10 Å². The predicted octanol–water partition coefficient (Wildman–Crippen LogP) is 0.941. The van der Waals surface area contributed by atoms with Crippen molar-refractivity contribution in [1.29, 1.82) is 0 Å². The molecule has 0 aromatic carbocycles. The average Bonchev–Trinajstić information content (AvgIpc) is 2.24. The molecule has 1 heterocycles. The largest absolute Gasteiger partial charge is 0.378 e. The Balaban J connectivity index is 2.95. The van der Waals surface area contributed by atoms with Crippen LogP contribution in [0.15, 0.2) is 23.6 Å². The van der Waals surface area contributed by atoms with Gasteiger partial charge >= 0.3 is 5.69 Å². The smallest absolute Gasteiger partial charge is 0.354 e. The molecule has 0 bridgehead atoms. The molecule has 0 aliphatic rings. The number of nitrogens with two attached hydrogens (primary N) is 1. The zero-order chi connectivity index (χ0) is 12.0. The van der Waals surface area contributed by atoms with Crippen molar-refractivity contribution in [2.24, 2.45) is 5.10 Å². The fourth-order valence-corrected chi connectivity index (χ4v) is 0.882. The lowest BCUT2D eigenvalue weighted by molar-refractivity contribution is -0.383. The van der Waals surface area contributed by atoms with E-state index in [4.69, 9.17) is 5.73 Å². The van der Waals surface area contributed by atoms with Crippen LogP contribution in [0.25, 0.3) is 0 Å². The maximum absolute atomic E-state index is 10.7. The summed E-state index contributed by atoms with van der Waals surface area (Å²) in [5, 5.41) is 14.4. The number of anilines is 2. The van der Waals surface area contributed by atoms with Crippen molar-refractivity contribution in [3.05, 3.63) is 28.6 Å². The minimum Gasteiger partial charge on any atom is -0.378 e. The quantitative estimate of drug-likeness (QED) is 0.444. The summed E-state index contributed by atoms with van der Waals surface area (Å²) in [6, 6.07) is 0. The molecule has 0 atom stereocenters. The SMILES string of the molecule is CC=CC=NNc1ncnc(N)c1[N+](=O)[O-]. The summed E-state index contributed by atoms with van der Waals surface area (Å²) in [5.41, 5.74) is 7.38. The molecule has 0 saturated carbocycles. The highest BCUT2D eigenvalue weighted by molar-refractivity contribution is 5.73. The fourth-order valence-electron chi connectivity index (χ4n) is 0.882. The van der Waals surface area contributed by atoms with E-state index in [0.717, 1.165) is 6.33 Å². The lowest BCUT2D eigenvalue weighted by atomic mass is 10.4. The van der Waals surface area contributed by atoms with Crippen molar-refractivity contribution in [2.75, 3.05) is 11.2 Å². The van der Waals surface area contributed by atoms with Gasteiger partial charge in [0, 0.05) is 6.21 Å². The van der Waals surface area contributed by atoms with Crippen LogP contribution >= 0.6 is 0 Å². The fraction of sp³-hybridized carbons (Fsp3) is 0.125.